The van der Waals surface area contributed by atoms with Crippen LogP contribution in [0.5, 0.6) is 0 Å². The smallest absolute Gasteiger partial charge is 0.0850 e. The van der Waals surface area contributed by atoms with Crippen LogP contribution in [0.3, 0.4) is 0 Å². The summed E-state index contributed by atoms with van der Waals surface area (Å²) in [6.07, 6.45) is 1.18. The van der Waals surface area contributed by atoms with Gasteiger partial charge in [-0.1, -0.05) is 27.7 Å². The average Bonchev–Trinajstić information content (AvgIpc) is 1.85. The fraction of sp³-hybridized carbons (Fsp3) is 1.00. The minimum atomic E-state index is 0.0773. The minimum Gasteiger partial charge on any atom is -0.236 e. The van der Waals surface area contributed by atoms with Crippen molar-refractivity contribution in [3.05, 3.63) is 0 Å². The van der Waals surface area contributed by atoms with Gasteiger partial charge in [0.2, 0.25) is 0 Å². The predicted molar refractivity (Wildman–Crippen MR) is 43.3 cm³/mol. The van der Waals surface area contributed by atoms with Gasteiger partial charge >= 0.3 is 0 Å². The van der Waals surface area contributed by atoms with Crippen molar-refractivity contribution in [3.63, 3.8) is 0 Å². The zero-order chi connectivity index (χ0) is 8.15. The van der Waals surface area contributed by atoms with E-state index in [2.05, 4.69) is 20.8 Å². The van der Waals surface area contributed by atoms with Crippen molar-refractivity contribution in [1.82, 2.24) is 0 Å². The van der Waals surface area contributed by atoms with E-state index in [0.717, 1.165) is 5.92 Å². The maximum atomic E-state index is 10.5. The molecule has 0 aliphatic heterocycles. The fourth-order valence-corrected chi connectivity index (χ4v) is 1.14. The van der Waals surface area contributed by atoms with Crippen LogP contribution in [0.1, 0.15) is 34.1 Å². The van der Waals surface area contributed by atoms with Gasteiger partial charge in [-0.15, -0.1) is 0 Å². The zero-order valence-electron chi connectivity index (χ0n) is 7.55. The largest absolute Gasteiger partial charge is 0.236 e. The van der Waals surface area contributed by atoms with Crippen LogP contribution in [0.25, 0.3) is 0 Å². The molecule has 0 spiro atoms. The lowest BCUT2D eigenvalue weighted by atomic mass is 9.89. The molecular formula is C9H19O. The van der Waals surface area contributed by atoms with Crippen LogP contribution < -0.4 is 0 Å². The van der Waals surface area contributed by atoms with Crippen LogP contribution in [0, 0.1) is 17.8 Å². The van der Waals surface area contributed by atoms with Gasteiger partial charge < -0.3 is 0 Å². The van der Waals surface area contributed by atoms with Crippen molar-refractivity contribution in [1.29, 1.82) is 0 Å². The molecule has 0 aromatic heterocycles. The summed E-state index contributed by atoms with van der Waals surface area (Å²) in [5, 5.41) is 10.5. The van der Waals surface area contributed by atoms with E-state index in [1.807, 2.05) is 6.92 Å². The van der Waals surface area contributed by atoms with E-state index in [-0.39, 0.29) is 6.61 Å². The highest BCUT2D eigenvalue weighted by Crippen LogP contribution is 2.18. The second kappa shape index (κ2) is 4.73. The van der Waals surface area contributed by atoms with Crippen molar-refractivity contribution in [3.8, 4) is 0 Å². The molecule has 0 fully saturated rings. The molecule has 0 aromatic rings. The highest BCUT2D eigenvalue weighted by molar-refractivity contribution is 4.61. The topological polar surface area (TPSA) is 19.9 Å². The Balaban J connectivity index is 3.50. The van der Waals surface area contributed by atoms with Crippen LogP contribution in [0.2, 0.25) is 0 Å². The third-order valence-electron chi connectivity index (χ3n) is 2.08. The summed E-state index contributed by atoms with van der Waals surface area (Å²) < 4.78 is 0. The first-order chi connectivity index (χ1) is 4.57. The molecule has 0 saturated heterocycles. The van der Waals surface area contributed by atoms with Crippen LogP contribution in [0.15, 0.2) is 0 Å². The standard InChI is InChI=1S/C9H19O/c1-7(2)5-8(3)9(4)6-10/h7-9H,5-6H2,1-4H3. The Morgan fingerprint density at radius 3 is 1.80 bits per heavy atom. The Kier molecular flexibility index (Phi) is 4.71. The molecule has 61 valence electrons. The zero-order valence-corrected chi connectivity index (χ0v) is 7.55. The Morgan fingerprint density at radius 2 is 1.50 bits per heavy atom. The normalized spacial score (nSPS) is 17.4. The summed E-state index contributed by atoms with van der Waals surface area (Å²) in [6, 6.07) is 0. The second-order valence-corrected chi connectivity index (χ2v) is 3.75. The summed E-state index contributed by atoms with van der Waals surface area (Å²) in [5.74, 6) is 1.67. The Morgan fingerprint density at radius 1 is 1.00 bits per heavy atom. The lowest BCUT2D eigenvalue weighted by Crippen LogP contribution is -2.13. The monoisotopic (exact) mass is 143 g/mol. The van der Waals surface area contributed by atoms with Crippen LogP contribution >= 0.6 is 0 Å². The molecule has 0 aliphatic rings. The molecule has 2 unspecified atom stereocenters. The van der Waals surface area contributed by atoms with Crippen molar-refractivity contribution in [2.45, 2.75) is 34.1 Å². The Bertz CT molecular complexity index is 78.8. The summed E-state index contributed by atoms with van der Waals surface area (Å²) in [4.78, 5) is 0. The molecule has 10 heavy (non-hydrogen) atoms. The van der Waals surface area contributed by atoms with Gasteiger partial charge in [0.25, 0.3) is 0 Å². The molecule has 1 nitrogen and oxygen atoms in total. The molecule has 1 radical (unpaired) electrons. The van der Waals surface area contributed by atoms with Gasteiger partial charge in [0.05, 0.1) is 6.61 Å². The third-order valence-corrected chi connectivity index (χ3v) is 2.08. The van der Waals surface area contributed by atoms with E-state index in [0.29, 0.717) is 11.8 Å². The first-order valence-electron chi connectivity index (χ1n) is 4.16. The summed E-state index contributed by atoms with van der Waals surface area (Å²) in [7, 11) is 0. The first-order valence-corrected chi connectivity index (χ1v) is 4.16. The molecule has 0 amide bonds. The molecule has 0 aromatic carbocycles. The molecule has 0 N–H and O–H groups in total. The van der Waals surface area contributed by atoms with Gasteiger partial charge in [-0.25, -0.2) is 5.11 Å². The van der Waals surface area contributed by atoms with Gasteiger partial charge in [-0.2, -0.15) is 0 Å². The summed E-state index contributed by atoms with van der Waals surface area (Å²) in [5.41, 5.74) is 0. The lowest BCUT2D eigenvalue weighted by molar-refractivity contribution is 0.117. The van der Waals surface area contributed by atoms with Gasteiger partial charge in [-0.3, -0.25) is 0 Å². The SMILES string of the molecule is CC(C)CC(C)C(C)C[O]. The molecule has 0 saturated carbocycles. The van der Waals surface area contributed by atoms with E-state index < -0.39 is 0 Å². The third kappa shape index (κ3) is 3.89. The summed E-state index contributed by atoms with van der Waals surface area (Å²) in [6.45, 7) is 8.69. The maximum Gasteiger partial charge on any atom is 0.0850 e. The number of rotatable bonds is 4. The van der Waals surface area contributed by atoms with Crippen molar-refractivity contribution < 1.29 is 5.11 Å². The Hall–Kier alpha value is -0.0400. The average molecular weight is 143 g/mol. The minimum absolute atomic E-state index is 0.0773. The molecule has 0 rings (SSSR count). The molecular weight excluding hydrogens is 124 g/mol. The second-order valence-electron chi connectivity index (χ2n) is 3.75. The first kappa shape index (κ1) is 9.96. The highest BCUT2D eigenvalue weighted by Gasteiger charge is 2.12. The van der Waals surface area contributed by atoms with Crippen LogP contribution in [-0.4, -0.2) is 6.61 Å². The lowest BCUT2D eigenvalue weighted by Gasteiger charge is -2.18. The maximum absolute atomic E-state index is 10.5. The summed E-state index contributed by atoms with van der Waals surface area (Å²) >= 11 is 0. The van der Waals surface area contributed by atoms with Crippen molar-refractivity contribution in [2.24, 2.45) is 17.8 Å². The van der Waals surface area contributed by atoms with Crippen LogP contribution in [-0.2, 0) is 5.11 Å². The van der Waals surface area contributed by atoms with E-state index >= 15 is 0 Å². The highest BCUT2D eigenvalue weighted by atomic mass is 16.3. The van der Waals surface area contributed by atoms with E-state index in [1.165, 1.54) is 6.42 Å². The number of hydrogen-bond acceptors (Lipinski definition) is 0. The molecule has 0 bridgehead atoms. The van der Waals surface area contributed by atoms with E-state index in [1.54, 1.807) is 0 Å². The fourth-order valence-electron chi connectivity index (χ4n) is 1.14. The van der Waals surface area contributed by atoms with Crippen LogP contribution in [0.4, 0.5) is 0 Å². The molecule has 0 aliphatic carbocycles. The van der Waals surface area contributed by atoms with E-state index in [9.17, 15) is 5.11 Å². The predicted octanol–water partition coefficient (Wildman–Crippen LogP) is 2.74. The van der Waals surface area contributed by atoms with Gasteiger partial charge in [0.1, 0.15) is 0 Å². The van der Waals surface area contributed by atoms with Gasteiger partial charge in [0, 0.05) is 0 Å². The molecule has 2 atom stereocenters. The van der Waals surface area contributed by atoms with E-state index in [4.69, 9.17) is 0 Å². The van der Waals surface area contributed by atoms with Gasteiger partial charge in [0.15, 0.2) is 0 Å². The molecule has 0 heterocycles. The van der Waals surface area contributed by atoms with Crippen molar-refractivity contribution >= 4 is 0 Å². The number of hydrogen-bond donors (Lipinski definition) is 0. The quantitative estimate of drug-likeness (QED) is 0.576. The van der Waals surface area contributed by atoms with Gasteiger partial charge in [-0.05, 0) is 24.2 Å². The Labute approximate surface area is 64.5 Å². The molecule has 1 heteroatoms. The van der Waals surface area contributed by atoms with Crippen molar-refractivity contribution in [2.75, 3.05) is 6.61 Å².